The van der Waals surface area contributed by atoms with Crippen LogP contribution in [0.4, 0.5) is 0 Å². The number of ether oxygens (including phenoxy) is 1. The zero-order chi connectivity index (χ0) is 17.2. The summed E-state index contributed by atoms with van der Waals surface area (Å²) in [6.07, 6.45) is 5.84. The Bertz CT molecular complexity index is 580. The molecule has 1 atom stereocenters. The zero-order valence-corrected chi connectivity index (χ0v) is 15.3. The molecular weight excluding hydrogens is 318 g/mol. The fraction of sp³-hybridized carbons (Fsp3) is 0.429. The molecule has 130 valence electrons. The number of unbranched alkanes of at least 4 members (excludes halogenated alkanes) is 3. The molecule has 0 spiro atoms. The third kappa shape index (κ3) is 6.18. The summed E-state index contributed by atoms with van der Waals surface area (Å²) in [6, 6.07) is 16.4. The predicted octanol–water partition coefficient (Wildman–Crippen LogP) is 5.58. The molecule has 0 saturated heterocycles. The molecule has 2 aromatic carbocycles. The van der Waals surface area contributed by atoms with E-state index in [0.717, 1.165) is 30.2 Å². The van der Waals surface area contributed by atoms with Gasteiger partial charge in [0.1, 0.15) is 5.75 Å². The lowest BCUT2D eigenvalue weighted by molar-refractivity contribution is 0.305. The van der Waals surface area contributed by atoms with Crippen LogP contribution in [0.2, 0.25) is 5.02 Å². The molecule has 0 aliphatic rings. The Balaban J connectivity index is 1.86. The molecule has 2 aromatic rings. The highest BCUT2D eigenvalue weighted by molar-refractivity contribution is 6.30. The first kappa shape index (κ1) is 18.8. The van der Waals surface area contributed by atoms with Gasteiger partial charge in [-0.1, -0.05) is 62.1 Å². The average molecular weight is 346 g/mol. The number of nitrogens with two attached hydrogens (primary N) is 1. The lowest BCUT2D eigenvalue weighted by Gasteiger charge is -2.16. The summed E-state index contributed by atoms with van der Waals surface area (Å²) in [5.41, 5.74) is 8.48. The van der Waals surface area contributed by atoms with Crippen LogP contribution in [-0.4, -0.2) is 13.2 Å². The van der Waals surface area contributed by atoms with Crippen molar-refractivity contribution in [2.24, 2.45) is 5.73 Å². The van der Waals surface area contributed by atoms with Gasteiger partial charge < -0.3 is 10.5 Å². The molecule has 0 radical (unpaired) electrons. The van der Waals surface area contributed by atoms with Crippen LogP contribution in [0.3, 0.4) is 0 Å². The summed E-state index contributed by atoms with van der Waals surface area (Å²) in [7, 11) is 0. The van der Waals surface area contributed by atoms with Gasteiger partial charge >= 0.3 is 0 Å². The Kier molecular flexibility index (Phi) is 8.14. The van der Waals surface area contributed by atoms with Crippen LogP contribution in [0.5, 0.6) is 5.75 Å². The fourth-order valence-electron chi connectivity index (χ4n) is 2.80. The van der Waals surface area contributed by atoms with Gasteiger partial charge in [-0.3, -0.25) is 0 Å². The zero-order valence-electron chi connectivity index (χ0n) is 14.5. The lowest BCUT2D eigenvalue weighted by atomic mass is 9.92. The molecule has 0 amide bonds. The Morgan fingerprint density at radius 1 is 0.958 bits per heavy atom. The normalized spacial score (nSPS) is 12.1. The van der Waals surface area contributed by atoms with E-state index in [1.54, 1.807) is 0 Å². The van der Waals surface area contributed by atoms with Crippen LogP contribution in [-0.2, 0) is 6.42 Å². The minimum Gasteiger partial charge on any atom is -0.494 e. The second-order valence-corrected chi connectivity index (χ2v) is 6.68. The first-order valence-corrected chi connectivity index (χ1v) is 9.28. The molecule has 0 aliphatic heterocycles. The van der Waals surface area contributed by atoms with Gasteiger partial charge in [0.2, 0.25) is 0 Å². The summed E-state index contributed by atoms with van der Waals surface area (Å²) in [5.74, 6) is 1.26. The summed E-state index contributed by atoms with van der Waals surface area (Å²) in [6.45, 7) is 3.64. The molecule has 2 rings (SSSR count). The van der Waals surface area contributed by atoms with Crippen molar-refractivity contribution >= 4 is 11.6 Å². The Hall–Kier alpha value is -1.51. The van der Waals surface area contributed by atoms with E-state index in [1.807, 2.05) is 12.1 Å². The largest absolute Gasteiger partial charge is 0.494 e. The number of halogens is 1. The standard InChI is InChI=1S/C21H28ClNO/c1-2-3-4-5-14-24-21-12-6-17(7-13-21)15-19(16-23)18-8-10-20(22)11-9-18/h6-13,19H,2-5,14-16,23H2,1H3. The SMILES string of the molecule is CCCCCCOc1ccc(CC(CN)c2ccc(Cl)cc2)cc1. The maximum atomic E-state index is 5.97. The van der Waals surface area contributed by atoms with Gasteiger partial charge in [-0.2, -0.15) is 0 Å². The highest BCUT2D eigenvalue weighted by Gasteiger charge is 2.10. The molecule has 3 heteroatoms. The smallest absolute Gasteiger partial charge is 0.119 e. The summed E-state index contributed by atoms with van der Waals surface area (Å²) in [5, 5.41) is 0.759. The van der Waals surface area contributed by atoms with E-state index in [9.17, 15) is 0 Å². The van der Waals surface area contributed by atoms with Gasteiger partial charge in [-0.25, -0.2) is 0 Å². The predicted molar refractivity (Wildman–Crippen MR) is 103 cm³/mol. The number of hydrogen-bond donors (Lipinski definition) is 1. The van der Waals surface area contributed by atoms with Crippen LogP contribution in [0.25, 0.3) is 0 Å². The van der Waals surface area contributed by atoms with Crippen molar-refractivity contribution in [3.05, 3.63) is 64.7 Å². The minimum atomic E-state index is 0.308. The quantitative estimate of drug-likeness (QED) is 0.570. The van der Waals surface area contributed by atoms with Crippen molar-refractivity contribution in [3.8, 4) is 5.75 Å². The maximum absolute atomic E-state index is 5.97. The molecule has 0 aromatic heterocycles. The van der Waals surface area contributed by atoms with Crippen LogP contribution < -0.4 is 10.5 Å². The van der Waals surface area contributed by atoms with Crippen molar-refractivity contribution in [3.63, 3.8) is 0 Å². The number of benzene rings is 2. The molecule has 0 bridgehead atoms. The monoisotopic (exact) mass is 345 g/mol. The highest BCUT2D eigenvalue weighted by atomic mass is 35.5. The van der Waals surface area contributed by atoms with E-state index in [1.165, 1.54) is 30.4 Å². The van der Waals surface area contributed by atoms with Gasteiger partial charge in [0.25, 0.3) is 0 Å². The molecular formula is C21H28ClNO. The Labute approximate surface area is 151 Å². The molecule has 1 unspecified atom stereocenters. The van der Waals surface area contributed by atoms with E-state index in [2.05, 4.69) is 43.3 Å². The molecule has 0 aliphatic carbocycles. The van der Waals surface area contributed by atoms with E-state index in [-0.39, 0.29) is 0 Å². The lowest BCUT2D eigenvalue weighted by Crippen LogP contribution is -2.15. The van der Waals surface area contributed by atoms with Crippen molar-refractivity contribution in [2.45, 2.75) is 44.9 Å². The second kappa shape index (κ2) is 10.4. The molecule has 2 nitrogen and oxygen atoms in total. The van der Waals surface area contributed by atoms with Gasteiger partial charge in [0.15, 0.2) is 0 Å². The first-order valence-electron chi connectivity index (χ1n) is 8.90. The van der Waals surface area contributed by atoms with E-state index < -0.39 is 0 Å². The van der Waals surface area contributed by atoms with Gasteiger partial charge in [-0.15, -0.1) is 0 Å². The third-order valence-electron chi connectivity index (χ3n) is 4.30. The average Bonchev–Trinajstić information content (AvgIpc) is 2.61. The fourth-order valence-corrected chi connectivity index (χ4v) is 2.92. The summed E-state index contributed by atoms with van der Waals surface area (Å²) >= 11 is 5.96. The molecule has 24 heavy (non-hydrogen) atoms. The third-order valence-corrected chi connectivity index (χ3v) is 4.55. The number of rotatable bonds is 10. The Morgan fingerprint density at radius 3 is 2.29 bits per heavy atom. The van der Waals surface area contributed by atoms with Crippen molar-refractivity contribution in [2.75, 3.05) is 13.2 Å². The van der Waals surface area contributed by atoms with Crippen molar-refractivity contribution in [1.29, 1.82) is 0 Å². The van der Waals surface area contributed by atoms with Crippen LogP contribution in [0, 0.1) is 0 Å². The van der Waals surface area contributed by atoms with Crippen LogP contribution in [0.1, 0.15) is 49.7 Å². The molecule has 2 N–H and O–H groups in total. The summed E-state index contributed by atoms with van der Waals surface area (Å²) in [4.78, 5) is 0. The Morgan fingerprint density at radius 2 is 1.67 bits per heavy atom. The van der Waals surface area contributed by atoms with Crippen molar-refractivity contribution in [1.82, 2.24) is 0 Å². The molecule has 0 saturated carbocycles. The maximum Gasteiger partial charge on any atom is 0.119 e. The van der Waals surface area contributed by atoms with Gasteiger partial charge in [0.05, 0.1) is 6.61 Å². The van der Waals surface area contributed by atoms with Crippen molar-refractivity contribution < 1.29 is 4.74 Å². The molecule has 0 heterocycles. The van der Waals surface area contributed by atoms with Gasteiger partial charge in [0, 0.05) is 10.9 Å². The van der Waals surface area contributed by atoms with Crippen LogP contribution in [0.15, 0.2) is 48.5 Å². The second-order valence-electron chi connectivity index (χ2n) is 6.24. The minimum absolute atomic E-state index is 0.308. The van der Waals surface area contributed by atoms with Crippen LogP contribution >= 0.6 is 11.6 Å². The summed E-state index contributed by atoms with van der Waals surface area (Å²) < 4.78 is 5.80. The first-order chi connectivity index (χ1) is 11.7. The highest BCUT2D eigenvalue weighted by Crippen LogP contribution is 2.23. The topological polar surface area (TPSA) is 35.2 Å². The van der Waals surface area contributed by atoms with Gasteiger partial charge in [-0.05, 0) is 54.8 Å². The number of hydrogen-bond acceptors (Lipinski definition) is 2. The van der Waals surface area contributed by atoms with E-state index in [0.29, 0.717) is 12.5 Å². The van der Waals surface area contributed by atoms with E-state index >= 15 is 0 Å². The van der Waals surface area contributed by atoms with E-state index in [4.69, 9.17) is 22.1 Å². The molecule has 0 fully saturated rings.